The molecule has 6 saturated heterocycles. The maximum Gasteiger partial charge on any atom is 0.417 e. The van der Waals surface area contributed by atoms with E-state index in [0.717, 1.165) is 216 Å². The number of aliphatic carboxylic acids is 1. The van der Waals surface area contributed by atoms with Crippen LogP contribution in [-0.4, -0.2) is 282 Å². The number of benzene rings is 6. The van der Waals surface area contributed by atoms with Crippen molar-refractivity contribution in [2.24, 2.45) is 5.73 Å². The Morgan fingerprint density at radius 2 is 0.823 bits per heavy atom. The van der Waals surface area contributed by atoms with E-state index in [9.17, 15) is 93.5 Å². The number of hydrogen-bond donors (Lipinski definition) is 9. The second-order valence-corrected chi connectivity index (χ2v) is 36.8. The van der Waals surface area contributed by atoms with Gasteiger partial charge in [0.05, 0.1) is 67.3 Å². The smallest absolute Gasteiger partial charge is 0.417 e. The van der Waals surface area contributed by atoms with Crippen LogP contribution in [0.4, 0.5) is 49.1 Å². The number of aromatic nitrogens is 2. The van der Waals surface area contributed by atoms with Crippen LogP contribution >= 0.6 is 0 Å². The van der Waals surface area contributed by atoms with Crippen molar-refractivity contribution in [1.82, 2.24) is 65.1 Å². The van der Waals surface area contributed by atoms with Crippen LogP contribution in [0.3, 0.4) is 0 Å². The number of likely N-dealkylation sites (N-methyl/N-ethyl adjacent to an activating group) is 2. The van der Waals surface area contributed by atoms with E-state index in [1.807, 2.05) is 74.8 Å². The standard InChI is InChI=1S/C51H58F3N9O7.C31H38F3N7O2.C20H22N2O6/c1-59-20-26-62(27-21-59)41-15-14-36(29-40(41)57-47(67)38-31-56-45(66)30-39(38)51(52,53)54)35-11-6-8-33(28-35)32-61-24-22-60(23-25-61)19-18-55-43(64)13-5-3-2-4-9-34-10-7-12-37-46(34)50(70)63(49(37)69)42-16-17-44(65)58-48(42)68;1-38-9-15-41(16-10-38)28-6-5-24(18-27(28)37-30(43)25-20-36-29(42)19-26(25)31(32,33)34)23-4-2-3-22(17-23)21-40-13-11-39(8-7-35)12-14-40;23-15-11-10-14(18(26)21-15)22-19(27)13-8-5-7-12(17(13)20(22)28)6-3-1-2-4-9-16(24)25/h6-8,10-12,14-15,28-31,42H,2-5,9,13,16-27,32H2,1H3,(H,55,64)(H,56,66)(H,57,67)(H,58,65,68);2-6,17-20H,7-16,21,35H2,1H3,(H,36,42)(H,37,43);5,7-8,14H,1-4,6,9-11H2,(H,24,25)(H,21,23,26). The number of fused-ring (bicyclic) bond motifs is 2. The van der Waals surface area contributed by atoms with Crippen LogP contribution in [0, 0.1) is 0 Å². The van der Waals surface area contributed by atoms with E-state index in [1.165, 1.54) is 0 Å². The van der Waals surface area contributed by atoms with Crippen molar-refractivity contribution >= 4 is 93.7 Å². The number of nitrogens with two attached hydrogens (primary N) is 1. The number of H-pyrrole nitrogens is 2. The Kier molecular flexibility index (Phi) is 34.6. The summed E-state index contributed by atoms with van der Waals surface area (Å²) >= 11 is 0. The molecule has 39 heteroatoms. The van der Waals surface area contributed by atoms with Gasteiger partial charge >= 0.3 is 18.3 Å². The molecule has 8 aliphatic rings. The van der Waals surface area contributed by atoms with Gasteiger partial charge in [0.15, 0.2) is 0 Å². The molecule has 11 amide bonds. The van der Waals surface area contributed by atoms with Gasteiger partial charge in [0, 0.05) is 194 Å². The predicted octanol–water partition coefficient (Wildman–Crippen LogP) is 9.70. The molecule has 16 rings (SSSR count). The molecule has 141 heavy (non-hydrogen) atoms. The lowest BCUT2D eigenvalue weighted by molar-refractivity contribution is -0.138. The number of rotatable bonds is 33. The number of hydrogen-bond acceptors (Lipinski definition) is 23. The summed E-state index contributed by atoms with van der Waals surface area (Å²) in [6, 6.07) is 36.7. The molecule has 6 fully saturated rings. The number of halogens is 6. The first-order valence-electron chi connectivity index (χ1n) is 47.9. The molecule has 10 heterocycles. The number of alkyl halides is 6. The summed E-state index contributed by atoms with van der Waals surface area (Å²) in [6.45, 7) is 17.6. The molecule has 10 N–H and O–H groups in total. The SMILES string of the molecule is CN1CCN(c2ccc(-c3cccc(CN4CCN(CCN)CC4)c3)cc2NC(=O)c2c[nH]c(=O)cc2C(F)(F)F)CC1.CN1CCN(c2ccc(-c3cccc(CN4CCN(CCNC(=O)CCCCCCc5cccc6c5C(=O)N(C5CCC(=O)NC5=O)C6=O)CC4)c3)cc2NC(=O)c2c[nH]c(=O)cc2C(F)(F)F)CC1.O=C(O)CCCCCCc1cccc2c1C(=O)N(C1CCC(=O)NC1=O)C2=O. The third-order valence-corrected chi connectivity index (χ3v) is 26.9. The van der Waals surface area contributed by atoms with Crippen molar-refractivity contribution in [2.45, 2.75) is 140 Å². The van der Waals surface area contributed by atoms with Crippen LogP contribution in [0.5, 0.6) is 0 Å². The van der Waals surface area contributed by atoms with Crippen LogP contribution in [0.2, 0.25) is 0 Å². The van der Waals surface area contributed by atoms with Gasteiger partial charge in [-0.2, -0.15) is 26.3 Å². The molecule has 0 spiro atoms. The minimum Gasteiger partial charge on any atom is -0.481 e. The normalized spacial score (nSPS) is 18.1. The second-order valence-electron chi connectivity index (χ2n) is 36.8. The number of imide groups is 4. The van der Waals surface area contributed by atoms with E-state index in [-0.39, 0.29) is 49.1 Å². The van der Waals surface area contributed by atoms with Gasteiger partial charge in [0.2, 0.25) is 40.7 Å². The number of unbranched alkanes of at least 4 members (excludes halogenated alkanes) is 6. The van der Waals surface area contributed by atoms with Gasteiger partial charge in [0.25, 0.3) is 35.4 Å². The van der Waals surface area contributed by atoms with Crippen LogP contribution in [0.1, 0.15) is 185 Å². The van der Waals surface area contributed by atoms with Crippen molar-refractivity contribution in [1.29, 1.82) is 0 Å². The number of aromatic amines is 2. The fourth-order valence-electron chi connectivity index (χ4n) is 19.1. The van der Waals surface area contributed by atoms with Crippen molar-refractivity contribution in [3.8, 4) is 22.3 Å². The average Bonchev–Trinajstić information content (AvgIpc) is 1.60. The number of carbonyl (C=O) groups is 12. The second kappa shape index (κ2) is 47.2. The Labute approximate surface area is 810 Å². The fraction of sp³-hybridized carbons (Fsp3) is 0.431. The van der Waals surface area contributed by atoms with Gasteiger partial charge in [-0.05, 0) is 159 Å². The Hall–Kier alpha value is -13.4. The topological polar surface area (TPSA) is 409 Å². The zero-order valence-corrected chi connectivity index (χ0v) is 78.9. The molecular weight excluding hydrogens is 1830 g/mol. The number of piperazine rings is 4. The molecule has 8 aliphatic heterocycles. The molecular formula is C102H118F6N18O15. The van der Waals surface area contributed by atoms with Gasteiger partial charge < -0.3 is 56.4 Å². The lowest BCUT2D eigenvalue weighted by Crippen LogP contribution is -2.54. The number of carbonyl (C=O) groups excluding carboxylic acids is 11. The molecule has 0 bridgehead atoms. The molecule has 6 aromatic carbocycles. The first-order valence-corrected chi connectivity index (χ1v) is 47.9. The maximum absolute atomic E-state index is 13.9. The van der Waals surface area contributed by atoms with E-state index >= 15 is 0 Å². The van der Waals surface area contributed by atoms with Crippen LogP contribution in [0.15, 0.2) is 155 Å². The van der Waals surface area contributed by atoms with Crippen molar-refractivity contribution in [3.05, 3.63) is 233 Å². The molecule has 8 aromatic rings. The summed E-state index contributed by atoms with van der Waals surface area (Å²) in [5.41, 5.74) is 10.5. The van der Waals surface area contributed by atoms with E-state index in [4.69, 9.17) is 10.8 Å². The van der Waals surface area contributed by atoms with E-state index < -0.39 is 123 Å². The largest absolute Gasteiger partial charge is 0.481 e. The zero-order valence-electron chi connectivity index (χ0n) is 78.9. The van der Waals surface area contributed by atoms with Gasteiger partial charge in [-0.3, -0.25) is 107 Å². The summed E-state index contributed by atoms with van der Waals surface area (Å²) in [7, 11) is 4.05. The maximum atomic E-state index is 13.9. The minimum atomic E-state index is -4.90. The molecule has 2 atom stereocenters. The quantitative estimate of drug-likeness (QED) is 0.0105. The number of nitrogens with zero attached hydrogens (tertiary/aromatic N) is 10. The van der Waals surface area contributed by atoms with Crippen molar-refractivity contribution in [3.63, 3.8) is 0 Å². The summed E-state index contributed by atoms with van der Waals surface area (Å²) in [4.78, 5) is 198. The molecule has 0 aliphatic carbocycles. The Morgan fingerprint density at radius 1 is 0.433 bits per heavy atom. The first kappa shape index (κ1) is 103. The van der Waals surface area contributed by atoms with Gasteiger partial charge in [0.1, 0.15) is 12.1 Å². The summed E-state index contributed by atoms with van der Waals surface area (Å²) in [5.74, 6) is -6.81. The summed E-state index contributed by atoms with van der Waals surface area (Å²) in [5, 5.41) is 21.6. The summed E-state index contributed by atoms with van der Waals surface area (Å²) < 4.78 is 82.9. The van der Waals surface area contributed by atoms with E-state index in [2.05, 4.69) is 100 Å². The fourth-order valence-corrected chi connectivity index (χ4v) is 19.1. The highest BCUT2D eigenvalue weighted by molar-refractivity contribution is 6.25. The first-order chi connectivity index (χ1) is 67.6. The Morgan fingerprint density at radius 3 is 1.23 bits per heavy atom. The highest BCUT2D eigenvalue weighted by Gasteiger charge is 2.48. The van der Waals surface area contributed by atoms with Gasteiger partial charge in [-0.25, -0.2) is 0 Å². The summed E-state index contributed by atoms with van der Waals surface area (Å²) in [6.07, 6.45) is 0.161. The number of carboxylic acids is 1. The third kappa shape index (κ3) is 26.6. The van der Waals surface area contributed by atoms with Crippen molar-refractivity contribution < 1.29 is 89.0 Å². The lowest BCUT2D eigenvalue weighted by Gasteiger charge is -2.35. The van der Waals surface area contributed by atoms with E-state index in [0.29, 0.717) is 112 Å². The predicted molar refractivity (Wildman–Crippen MR) is 516 cm³/mol. The van der Waals surface area contributed by atoms with Crippen LogP contribution in [0.25, 0.3) is 22.3 Å². The number of amides is 11. The van der Waals surface area contributed by atoms with E-state index in [1.54, 1.807) is 36.4 Å². The third-order valence-electron chi connectivity index (χ3n) is 26.9. The number of anilines is 4. The lowest BCUT2D eigenvalue weighted by atomic mass is 9.97. The van der Waals surface area contributed by atoms with Gasteiger partial charge in [-0.15, -0.1) is 0 Å². The molecule has 748 valence electrons. The van der Waals surface area contributed by atoms with Gasteiger partial charge in [-0.1, -0.05) is 98.5 Å². The van der Waals surface area contributed by atoms with Crippen LogP contribution in [-0.2, 0) is 67.1 Å². The molecule has 0 radical (unpaired) electrons. The number of nitrogens with one attached hydrogen (secondary N) is 7. The number of carboxylic acid groups (broad SMARTS) is 1. The molecule has 33 nitrogen and oxygen atoms in total. The minimum absolute atomic E-state index is 0.00451. The van der Waals surface area contributed by atoms with Crippen molar-refractivity contribution in [2.75, 3.05) is 165 Å². The Balaban J connectivity index is 0.000000188. The number of pyridine rings is 2. The molecule has 2 aromatic heterocycles. The monoisotopic (exact) mass is 1950 g/mol. The van der Waals surface area contributed by atoms with Crippen LogP contribution < -0.4 is 53.2 Å². The number of piperidine rings is 2. The average molecular weight is 1950 g/mol. The molecule has 0 saturated carbocycles. The molecule has 2 unspecified atom stereocenters. The highest BCUT2D eigenvalue weighted by Crippen LogP contribution is 2.40. The Bertz CT molecular complexity index is 6100. The highest BCUT2D eigenvalue weighted by atomic mass is 19.4. The zero-order chi connectivity index (χ0) is 100. The number of aryl methyl sites for hydroxylation is 2.